The lowest BCUT2D eigenvalue weighted by molar-refractivity contribution is -0.149. The third-order valence-corrected chi connectivity index (χ3v) is 4.14. The zero-order chi connectivity index (χ0) is 17.4. The molecule has 0 bridgehead atoms. The van der Waals surface area contributed by atoms with Gasteiger partial charge < -0.3 is 18.5 Å². The highest BCUT2D eigenvalue weighted by Crippen LogP contribution is 2.56. The lowest BCUT2D eigenvalue weighted by atomic mass is 10.2. The number of hydrogen-bond acceptors (Lipinski definition) is 7. The lowest BCUT2D eigenvalue weighted by Crippen LogP contribution is -2.23. The fraction of sp³-hybridized carbons (Fsp3) is 0.714. The van der Waals surface area contributed by atoms with Gasteiger partial charge in [0.25, 0.3) is 0 Å². The first kappa shape index (κ1) is 20.8. The minimum atomic E-state index is -3.95. The maximum atomic E-state index is 12.7. The Labute approximate surface area is 131 Å². The van der Waals surface area contributed by atoms with E-state index in [4.69, 9.17) is 18.5 Å². The number of ether oxygens (including phenoxy) is 2. The van der Waals surface area contributed by atoms with Crippen molar-refractivity contribution in [2.24, 2.45) is 0 Å². The van der Waals surface area contributed by atoms with Crippen molar-refractivity contribution in [3.8, 4) is 0 Å². The van der Waals surface area contributed by atoms with Gasteiger partial charge in [-0.3, -0.25) is 4.57 Å². The van der Waals surface area contributed by atoms with Crippen LogP contribution in [0.2, 0.25) is 0 Å². The first-order chi connectivity index (χ1) is 10.1. The molecule has 0 heterocycles. The van der Waals surface area contributed by atoms with Crippen LogP contribution < -0.4 is 0 Å². The van der Waals surface area contributed by atoms with Crippen molar-refractivity contribution >= 4 is 19.5 Å². The van der Waals surface area contributed by atoms with Crippen LogP contribution in [0.1, 0.15) is 41.5 Å². The second-order valence-corrected chi connectivity index (χ2v) is 7.11. The molecule has 0 atom stereocenters. The first-order valence-corrected chi connectivity index (χ1v) is 8.65. The van der Waals surface area contributed by atoms with Crippen LogP contribution in [0, 0.1) is 0 Å². The Morgan fingerprint density at radius 2 is 1.50 bits per heavy atom. The molecule has 0 saturated carbocycles. The molecule has 0 amide bonds. The monoisotopic (exact) mass is 336 g/mol. The molecule has 0 spiro atoms. The van der Waals surface area contributed by atoms with Crippen LogP contribution in [0.3, 0.4) is 0 Å². The average Bonchev–Trinajstić information content (AvgIpc) is 2.34. The first-order valence-electron chi connectivity index (χ1n) is 7.11. The average molecular weight is 336 g/mol. The minimum Gasteiger partial charge on any atom is -0.462 e. The minimum absolute atomic E-state index is 0.0440. The summed E-state index contributed by atoms with van der Waals surface area (Å²) in [4.78, 5) is 23.9. The van der Waals surface area contributed by atoms with Gasteiger partial charge in [0.05, 0.1) is 19.8 Å². The van der Waals surface area contributed by atoms with Crippen molar-refractivity contribution in [2.75, 3.05) is 19.8 Å². The van der Waals surface area contributed by atoms with Gasteiger partial charge in [0.15, 0.2) is 5.31 Å². The molecule has 22 heavy (non-hydrogen) atoms. The number of esters is 2. The Hall–Kier alpha value is -1.17. The van der Waals surface area contributed by atoms with Crippen LogP contribution in [-0.4, -0.2) is 37.4 Å². The molecule has 0 aliphatic heterocycles. The molecular formula is C14H25O7P. The van der Waals surface area contributed by atoms with E-state index >= 15 is 0 Å². The molecule has 0 aromatic carbocycles. The molecule has 0 rings (SSSR count). The van der Waals surface area contributed by atoms with Gasteiger partial charge in [-0.15, -0.1) is 0 Å². The van der Waals surface area contributed by atoms with Gasteiger partial charge in [-0.2, -0.15) is 0 Å². The molecule has 0 fully saturated rings. The largest absolute Gasteiger partial charge is 0.462 e. The van der Waals surface area contributed by atoms with Crippen LogP contribution in [0.5, 0.6) is 0 Å². The Bertz CT molecular complexity index is 452. The summed E-state index contributed by atoms with van der Waals surface area (Å²) in [6.45, 7) is 9.96. The van der Waals surface area contributed by atoms with Gasteiger partial charge in [-0.1, -0.05) is 0 Å². The Kier molecular flexibility index (Phi) is 8.60. The maximum absolute atomic E-state index is 12.7. The van der Waals surface area contributed by atoms with Crippen molar-refractivity contribution in [2.45, 2.75) is 47.1 Å². The normalized spacial score (nSPS) is 12.9. The molecule has 128 valence electrons. The summed E-state index contributed by atoms with van der Waals surface area (Å²) < 4.78 is 32.8. The van der Waals surface area contributed by atoms with E-state index in [1.54, 1.807) is 41.5 Å². The highest BCUT2D eigenvalue weighted by atomic mass is 31.2. The second kappa shape index (κ2) is 9.08. The summed E-state index contributed by atoms with van der Waals surface area (Å²) >= 11 is 0. The molecule has 0 saturated heterocycles. The van der Waals surface area contributed by atoms with E-state index in [9.17, 15) is 14.2 Å². The molecule has 0 aromatic rings. The van der Waals surface area contributed by atoms with E-state index in [1.807, 2.05) is 0 Å². The van der Waals surface area contributed by atoms with Crippen molar-refractivity contribution < 1.29 is 32.7 Å². The zero-order valence-electron chi connectivity index (χ0n) is 14.0. The van der Waals surface area contributed by atoms with Crippen molar-refractivity contribution in [3.05, 3.63) is 11.4 Å². The Balaban J connectivity index is 5.66. The number of rotatable bonds is 8. The van der Waals surface area contributed by atoms with Crippen LogP contribution in [0.4, 0.5) is 0 Å². The quantitative estimate of drug-likeness (QED) is 0.382. The van der Waals surface area contributed by atoms with Gasteiger partial charge >= 0.3 is 19.5 Å². The smallest absolute Gasteiger partial charge is 0.368 e. The summed E-state index contributed by atoms with van der Waals surface area (Å²) in [6, 6.07) is 0. The highest BCUT2D eigenvalue weighted by Gasteiger charge is 2.37. The predicted molar refractivity (Wildman–Crippen MR) is 81.4 cm³/mol. The van der Waals surface area contributed by atoms with Gasteiger partial charge in [0.1, 0.15) is 5.60 Å². The fourth-order valence-corrected chi connectivity index (χ4v) is 3.00. The number of carbonyl (C=O) groups is 2. The predicted octanol–water partition coefficient (Wildman–Crippen LogP) is 3.04. The summed E-state index contributed by atoms with van der Waals surface area (Å²) in [6.07, 6.45) is 0.815. The fourth-order valence-electron chi connectivity index (χ4n) is 1.41. The molecular weight excluding hydrogens is 311 g/mol. The van der Waals surface area contributed by atoms with E-state index in [2.05, 4.69) is 0 Å². The van der Waals surface area contributed by atoms with Gasteiger partial charge in [0, 0.05) is 6.08 Å². The maximum Gasteiger partial charge on any atom is 0.368 e. The summed E-state index contributed by atoms with van der Waals surface area (Å²) in [5.74, 6) is -1.76. The molecule has 7 nitrogen and oxygen atoms in total. The van der Waals surface area contributed by atoms with Crippen molar-refractivity contribution in [1.29, 1.82) is 0 Å². The summed E-state index contributed by atoms with van der Waals surface area (Å²) in [5, 5.41) is -0.465. The van der Waals surface area contributed by atoms with E-state index in [0.717, 1.165) is 6.08 Å². The Morgan fingerprint density at radius 3 is 1.86 bits per heavy atom. The molecule has 0 radical (unpaired) electrons. The topological polar surface area (TPSA) is 88.1 Å². The van der Waals surface area contributed by atoms with Crippen LogP contribution in [0.15, 0.2) is 11.4 Å². The summed E-state index contributed by atoms with van der Waals surface area (Å²) in [7, 11) is -3.95. The standard InChI is InChI=1S/C14H25O7P/c1-7-18-13(16)11(10-12(15)21-14(4,5)6)22(17,19-8-2)20-9-3/h10H,7-9H2,1-6H3/b11-10+. The third kappa shape index (κ3) is 7.20. The molecule has 0 N–H and O–H groups in total. The Morgan fingerprint density at radius 1 is 1.00 bits per heavy atom. The molecule has 0 unspecified atom stereocenters. The molecule has 8 heteroatoms. The SMILES string of the molecule is CCOC(=O)/C(=C\C(=O)OC(C)(C)C)P(=O)(OCC)OCC. The van der Waals surface area contributed by atoms with Gasteiger partial charge in [0.2, 0.25) is 0 Å². The lowest BCUT2D eigenvalue weighted by Gasteiger charge is -2.21. The van der Waals surface area contributed by atoms with Crippen LogP contribution in [0.25, 0.3) is 0 Å². The number of carbonyl (C=O) groups excluding carboxylic acids is 2. The van der Waals surface area contributed by atoms with Gasteiger partial charge in [-0.05, 0) is 41.5 Å². The van der Waals surface area contributed by atoms with E-state index < -0.39 is 30.4 Å². The van der Waals surface area contributed by atoms with Crippen LogP contribution in [-0.2, 0) is 32.7 Å². The van der Waals surface area contributed by atoms with E-state index in [1.165, 1.54) is 0 Å². The van der Waals surface area contributed by atoms with Crippen molar-refractivity contribution in [1.82, 2.24) is 0 Å². The van der Waals surface area contributed by atoms with E-state index in [0.29, 0.717) is 0 Å². The van der Waals surface area contributed by atoms with Crippen molar-refractivity contribution in [3.63, 3.8) is 0 Å². The zero-order valence-corrected chi connectivity index (χ0v) is 14.9. The molecule has 0 aliphatic carbocycles. The van der Waals surface area contributed by atoms with E-state index in [-0.39, 0.29) is 19.8 Å². The number of hydrogen-bond donors (Lipinski definition) is 0. The second-order valence-electron chi connectivity index (χ2n) is 5.12. The molecule has 0 aromatic heterocycles. The highest BCUT2D eigenvalue weighted by molar-refractivity contribution is 7.60. The van der Waals surface area contributed by atoms with Gasteiger partial charge in [-0.25, -0.2) is 9.59 Å². The summed E-state index contributed by atoms with van der Waals surface area (Å²) in [5.41, 5.74) is -0.755. The van der Waals surface area contributed by atoms with Crippen LogP contribution >= 0.6 is 7.60 Å². The molecule has 0 aliphatic rings. The third-order valence-electron chi connectivity index (χ3n) is 2.04.